The minimum Gasteiger partial charge on any atom is -0.372 e. The Morgan fingerprint density at radius 2 is 1.61 bits per heavy atom. The van der Waals surface area contributed by atoms with Gasteiger partial charge in [0.1, 0.15) is 6.54 Å². The Morgan fingerprint density at radius 1 is 0.848 bits per heavy atom. The van der Waals surface area contributed by atoms with Crippen LogP contribution in [0.2, 0.25) is 0 Å². The summed E-state index contributed by atoms with van der Waals surface area (Å²) in [7, 11) is 0. The second-order valence-electron chi connectivity index (χ2n) is 8.38. The lowest BCUT2D eigenvalue weighted by molar-refractivity contribution is -0.117. The van der Waals surface area contributed by atoms with Gasteiger partial charge in [-0.2, -0.15) is 5.10 Å². The van der Waals surface area contributed by atoms with E-state index in [9.17, 15) is 9.59 Å². The van der Waals surface area contributed by atoms with Crippen LogP contribution in [0, 0.1) is 0 Å². The predicted molar refractivity (Wildman–Crippen MR) is 133 cm³/mol. The van der Waals surface area contributed by atoms with Gasteiger partial charge in [-0.05, 0) is 48.9 Å². The summed E-state index contributed by atoms with van der Waals surface area (Å²) in [6.07, 6.45) is 3.76. The molecule has 0 atom stereocenters. The van der Waals surface area contributed by atoms with Crippen LogP contribution in [-0.2, 0) is 11.3 Å². The van der Waals surface area contributed by atoms with Gasteiger partial charge in [0.25, 0.3) is 5.56 Å². The van der Waals surface area contributed by atoms with E-state index in [4.69, 9.17) is 0 Å². The average molecular weight is 439 g/mol. The van der Waals surface area contributed by atoms with Crippen molar-refractivity contribution < 1.29 is 4.79 Å². The lowest BCUT2D eigenvalue weighted by atomic mass is 10.1. The molecule has 1 aliphatic rings. The molecule has 1 amide bonds. The van der Waals surface area contributed by atoms with Crippen LogP contribution in [0.3, 0.4) is 0 Å². The number of piperidine rings is 1. The molecule has 0 spiro atoms. The monoisotopic (exact) mass is 438 g/mol. The number of anilines is 2. The fourth-order valence-electron chi connectivity index (χ4n) is 4.37. The van der Waals surface area contributed by atoms with Crippen LogP contribution in [0.5, 0.6) is 0 Å². The zero-order valence-electron chi connectivity index (χ0n) is 18.4. The number of aromatic nitrogens is 2. The number of amides is 1. The maximum Gasteiger partial charge on any atom is 0.267 e. The van der Waals surface area contributed by atoms with E-state index in [-0.39, 0.29) is 18.0 Å². The number of hydrogen-bond acceptors (Lipinski definition) is 4. The Bertz CT molecular complexity index is 1330. The fourth-order valence-corrected chi connectivity index (χ4v) is 4.37. The molecule has 1 N–H and O–H groups in total. The molecule has 1 aromatic heterocycles. The normalized spacial score (nSPS) is 13.8. The van der Waals surface area contributed by atoms with Crippen LogP contribution in [-0.4, -0.2) is 28.8 Å². The van der Waals surface area contributed by atoms with Crippen molar-refractivity contribution in [1.29, 1.82) is 0 Å². The molecule has 1 aliphatic heterocycles. The van der Waals surface area contributed by atoms with Crippen molar-refractivity contribution >= 4 is 28.1 Å². The summed E-state index contributed by atoms with van der Waals surface area (Å²) in [4.78, 5) is 27.5. The standard InChI is InChI=1S/C27H26N4O2/c32-26(28-25-10-6-8-20-7-2-3-9-23(20)25)19-31-27(33)16-15-24(29-31)21-11-13-22(14-12-21)30-17-4-1-5-18-30/h2-3,6-16H,1,4-5,17-19H2,(H,28,32). The summed E-state index contributed by atoms with van der Waals surface area (Å²) in [6, 6.07) is 25.0. The van der Waals surface area contributed by atoms with Gasteiger partial charge in [0.05, 0.1) is 5.69 Å². The van der Waals surface area contributed by atoms with E-state index in [0.717, 1.165) is 35.1 Å². The van der Waals surface area contributed by atoms with Crippen molar-refractivity contribution in [3.05, 3.63) is 89.2 Å². The SMILES string of the molecule is O=C(Cn1nc(-c2ccc(N3CCCCC3)cc2)ccc1=O)Nc1cccc2ccccc12. The molecule has 0 aliphatic carbocycles. The Hall–Kier alpha value is -3.93. The average Bonchev–Trinajstić information content (AvgIpc) is 2.86. The Morgan fingerprint density at radius 3 is 2.42 bits per heavy atom. The van der Waals surface area contributed by atoms with Gasteiger partial charge in [-0.25, -0.2) is 4.68 Å². The van der Waals surface area contributed by atoms with Crippen molar-refractivity contribution in [3.63, 3.8) is 0 Å². The second kappa shape index (κ2) is 9.28. The van der Waals surface area contributed by atoms with Crippen LogP contribution in [0.4, 0.5) is 11.4 Å². The van der Waals surface area contributed by atoms with Crippen LogP contribution >= 0.6 is 0 Å². The molecule has 0 bridgehead atoms. The van der Waals surface area contributed by atoms with Crippen LogP contribution < -0.4 is 15.8 Å². The molecule has 5 rings (SSSR count). The van der Waals surface area contributed by atoms with Gasteiger partial charge in [0.15, 0.2) is 0 Å². The van der Waals surface area contributed by atoms with E-state index < -0.39 is 0 Å². The number of rotatable bonds is 5. The number of carbonyl (C=O) groups is 1. The molecule has 6 nitrogen and oxygen atoms in total. The molecule has 166 valence electrons. The zero-order valence-corrected chi connectivity index (χ0v) is 18.4. The third kappa shape index (κ3) is 4.65. The van der Waals surface area contributed by atoms with Crippen molar-refractivity contribution in [2.24, 2.45) is 0 Å². The lowest BCUT2D eigenvalue weighted by Crippen LogP contribution is -2.29. The number of nitrogens with one attached hydrogen (secondary N) is 1. The third-order valence-corrected chi connectivity index (χ3v) is 6.11. The fraction of sp³-hybridized carbons (Fsp3) is 0.222. The van der Waals surface area contributed by atoms with Gasteiger partial charge >= 0.3 is 0 Å². The Balaban J connectivity index is 1.33. The zero-order chi connectivity index (χ0) is 22.6. The molecule has 1 saturated heterocycles. The number of carbonyl (C=O) groups excluding carboxylic acids is 1. The molecule has 1 fully saturated rings. The van der Waals surface area contributed by atoms with Crippen molar-refractivity contribution in [2.45, 2.75) is 25.8 Å². The van der Waals surface area contributed by atoms with E-state index in [1.807, 2.05) is 54.6 Å². The molecule has 3 aromatic carbocycles. The molecule has 6 heteroatoms. The smallest absolute Gasteiger partial charge is 0.267 e. The van der Waals surface area contributed by atoms with Gasteiger partial charge in [-0.15, -0.1) is 0 Å². The summed E-state index contributed by atoms with van der Waals surface area (Å²) >= 11 is 0. The minimum atomic E-state index is -0.309. The van der Waals surface area contributed by atoms with E-state index in [1.165, 1.54) is 35.7 Å². The van der Waals surface area contributed by atoms with Gasteiger partial charge < -0.3 is 10.2 Å². The van der Waals surface area contributed by atoms with Gasteiger partial charge in [0.2, 0.25) is 5.91 Å². The highest BCUT2D eigenvalue weighted by atomic mass is 16.2. The van der Waals surface area contributed by atoms with E-state index >= 15 is 0 Å². The summed E-state index contributed by atoms with van der Waals surface area (Å²) < 4.78 is 1.22. The maximum absolute atomic E-state index is 12.7. The lowest BCUT2D eigenvalue weighted by Gasteiger charge is -2.28. The molecule has 0 radical (unpaired) electrons. The molecule has 4 aromatic rings. The van der Waals surface area contributed by atoms with Crippen LogP contribution in [0.15, 0.2) is 83.7 Å². The van der Waals surface area contributed by atoms with E-state index in [2.05, 4.69) is 27.4 Å². The first-order valence-electron chi connectivity index (χ1n) is 11.4. The quantitative estimate of drug-likeness (QED) is 0.491. The Labute approximate surface area is 192 Å². The van der Waals surface area contributed by atoms with Crippen molar-refractivity contribution in [1.82, 2.24) is 9.78 Å². The van der Waals surface area contributed by atoms with Crippen molar-refractivity contribution in [3.8, 4) is 11.3 Å². The summed E-state index contributed by atoms with van der Waals surface area (Å²) in [5.74, 6) is -0.293. The van der Waals surface area contributed by atoms with E-state index in [0.29, 0.717) is 5.69 Å². The first-order valence-corrected chi connectivity index (χ1v) is 11.4. The summed E-state index contributed by atoms with van der Waals surface area (Å²) in [6.45, 7) is 2.03. The second-order valence-corrected chi connectivity index (χ2v) is 8.38. The molecular formula is C27H26N4O2. The van der Waals surface area contributed by atoms with Crippen LogP contribution in [0.1, 0.15) is 19.3 Å². The molecule has 0 saturated carbocycles. The van der Waals surface area contributed by atoms with Gasteiger partial charge in [-0.3, -0.25) is 9.59 Å². The molecule has 33 heavy (non-hydrogen) atoms. The largest absolute Gasteiger partial charge is 0.372 e. The van der Waals surface area contributed by atoms with Gasteiger partial charge in [0, 0.05) is 41.5 Å². The molecule has 2 heterocycles. The number of hydrogen-bond donors (Lipinski definition) is 1. The maximum atomic E-state index is 12.7. The molecule has 0 unspecified atom stereocenters. The number of nitrogens with zero attached hydrogens (tertiary/aromatic N) is 3. The first-order chi connectivity index (χ1) is 16.2. The highest BCUT2D eigenvalue weighted by molar-refractivity contribution is 6.02. The summed E-state index contributed by atoms with van der Waals surface area (Å²) in [5.41, 5.74) is 3.20. The predicted octanol–water partition coefficient (Wildman–Crippen LogP) is 4.69. The topological polar surface area (TPSA) is 67.2 Å². The highest BCUT2D eigenvalue weighted by Crippen LogP contribution is 2.24. The third-order valence-electron chi connectivity index (χ3n) is 6.11. The van der Waals surface area contributed by atoms with E-state index in [1.54, 1.807) is 6.07 Å². The first kappa shape index (κ1) is 20.9. The summed E-state index contributed by atoms with van der Waals surface area (Å²) in [5, 5.41) is 9.37. The number of fused-ring (bicyclic) bond motifs is 1. The molecular weight excluding hydrogens is 412 g/mol. The minimum absolute atomic E-state index is 0.151. The Kier molecular flexibility index (Phi) is 5.89. The van der Waals surface area contributed by atoms with Gasteiger partial charge in [-0.1, -0.05) is 48.5 Å². The number of benzene rings is 3. The van der Waals surface area contributed by atoms with Crippen molar-refractivity contribution in [2.75, 3.05) is 23.3 Å². The highest BCUT2D eigenvalue weighted by Gasteiger charge is 2.12. The van der Waals surface area contributed by atoms with Crippen LogP contribution in [0.25, 0.3) is 22.0 Å².